The van der Waals surface area contributed by atoms with Gasteiger partial charge in [-0.2, -0.15) is 0 Å². The van der Waals surface area contributed by atoms with Gasteiger partial charge < -0.3 is 25.3 Å². The monoisotopic (exact) mass is 431 g/mol. The van der Waals surface area contributed by atoms with Crippen LogP contribution >= 0.6 is 0 Å². The number of rotatable bonds is 11. The standard InChI is InChI=1S/C19H30BN7O4/c21-17(8-4-5-13-31-20(29)30)19-22-23-24-27(19)15-18(28)26-11-9-25(10-12-26)14-16-6-2-1-3-7-16/h1-3,6-7,17,29-30H,4-5,8-15,21H2. The summed E-state index contributed by atoms with van der Waals surface area (Å²) in [5.74, 6) is 0.449. The molecule has 0 aliphatic carbocycles. The maximum atomic E-state index is 12.8. The van der Waals surface area contributed by atoms with Gasteiger partial charge in [-0.3, -0.25) is 9.69 Å². The number of hydrogen-bond donors (Lipinski definition) is 3. The number of nitrogens with zero attached hydrogens (tertiary/aromatic N) is 6. The molecule has 0 spiro atoms. The lowest BCUT2D eigenvalue weighted by Gasteiger charge is -2.34. The number of benzene rings is 1. The summed E-state index contributed by atoms with van der Waals surface area (Å²) in [6.07, 6.45) is 1.93. The van der Waals surface area contributed by atoms with Crippen LogP contribution in [0.25, 0.3) is 0 Å². The van der Waals surface area contributed by atoms with Gasteiger partial charge >= 0.3 is 7.32 Å². The molecule has 1 aromatic carbocycles. The molecule has 12 heteroatoms. The van der Waals surface area contributed by atoms with E-state index in [0.717, 1.165) is 19.6 Å². The third kappa shape index (κ3) is 7.37. The van der Waals surface area contributed by atoms with Crippen LogP contribution in [0.2, 0.25) is 0 Å². The molecule has 3 rings (SSSR count). The zero-order valence-corrected chi connectivity index (χ0v) is 17.6. The van der Waals surface area contributed by atoms with E-state index in [-0.39, 0.29) is 19.1 Å². The van der Waals surface area contributed by atoms with E-state index < -0.39 is 13.4 Å². The smallest absolute Gasteiger partial charge is 0.402 e. The minimum Gasteiger partial charge on any atom is -0.402 e. The second-order valence-electron chi connectivity index (χ2n) is 7.64. The summed E-state index contributed by atoms with van der Waals surface area (Å²) >= 11 is 0. The first-order valence-electron chi connectivity index (χ1n) is 10.6. The van der Waals surface area contributed by atoms with Gasteiger partial charge in [-0.05, 0) is 35.3 Å². The van der Waals surface area contributed by atoms with Gasteiger partial charge in [0.25, 0.3) is 0 Å². The lowest BCUT2D eigenvalue weighted by Crippen LogP contribution is -2.49. The van der Waals surface area contributed by atoms with Crippen LogP contribution in [0.5, 0.6) is 0 Å². The third-order valence-electron chi connectivity index (χ3n) is 5.33. The molecule has 2 heterocycles. The molecule has 168 valence electrons. The minimum atomic E-state index is -1.76. The summed E-state index contributed by atoms with van der Waals surface area (Å²) in [4.78, 5) is 16.9. The zero-order chi connectivity index (χ0) is 22.1. The van der Waals surface area contributed by atoms with Crippen LogP contribution in [0, 0.1) is 0 Å². The summed E-state index contributed by atoms with van der Waals surface area (Å²) in [6, 6.07) is 9.90. The molecule has 1 aliphatic heterocycles. The molecule has 1 atom stereocenters. The Morgan fingerprint density at radius 2 is 1.90 bits per heavy atom. The number of aromatic nitrogens is 4. The average molecular weight is 431 g/mol. The van der Waals surface area contributed by atoms with Crippen LogP contribution in [0.4, 0.5) is 0 Å². The number of carbonyl (C=O) groups is 1. The van der Waals surface area contributed by atoms with Crippen LogP contribution in [0.15, 0.2) is 30.3 Å². The van der Waals surface area contributed by atoms with E-state index >= 15 is 0 Å². The first-order valence-corrected chi connectivity index (χ1v) is 10.6. The lowest BCUT2D eigenvalue weighted by molar-refractivity contribution is -0.133. The molecule has 2 aromatic rings. The van der Waals surface area contributed by atoms with Gasteiger partial charge in [0.05, 0.1) is 6.04 Å². The fourth-order valence-electron chi connectivity index (χ4n) is 3.60. The number of carbonyl (C=O) groups excluding carboxylic acids is 1. The van der Waals surface area contributed by atoms with E-state index in [1.807, 2.05) is 23.1 Å². The summed E-state index contributed by atoms with van der Waals surface area (Å²) in [6.45, 7) is 4.17. The van der Waals surface area contributed by atoms with Crippen molar-refractivity contribution < 1.29 is 19.5 Å². The molecule has 1 aromatic heterocycles. The maximum Gasteiger partial charge on any atom is 0.633 e. The van der Waals surface area contributed by atoms with E-state index in [2.05, 4.69) is 37.2 Å². The Balaban J connectivity index is 1.42. The van der Waals surface area contributed by atoms with Gasteiger partial charge in [-0.25, -0.2) is 4.68 Å². The third-order valence-corrected chi connectivity index (χ3v) is 5.33. The maximum absolute atomic E-state index is 12.8. The molecule has 0 radical (unpaired) electrons. The first kappa shape index (κ1) is 23.3. The van der Waals surface area contributed by atoms with Crippen molar-refractivity contribution in [3.8, 4) is 0 Å². The minimum absolute atomic E-state index is 0.0227. The fraction of sp³-hybridized carbons (Fsp3) is 0.579. The van der Waals surface area contributed by atoms with Crippen molar-refractivity contribution in [2.75, 3.05) is 32.8 Å². The molecule has 1 saturated heterocycles. The van der Waals surface area contributed by atoms with Crippen molar-refractivity contribution >= 4 is 13.2 Å². The van der Waals surface area contributed by atoms with Gasteiger partial charge in [-0.1, -0.05) is 30.3 Å². The van der Waals surface area contributed by atoms with Crippen LogP contribution < -0.4 is 5.73 Å². The predicted octanol–water partition coefficient (Wildman–Crippen LogP) is -0.826. The Labute approximate surface area is 181 Å². The number of tetrazole rings is 1. The molecule has 1 unspecified atom stereocenters. The lowest BCUT2D eigenvalue weighted by atomic mass is 10.1. The molecule has 1 aliphatic rings. The molecule has 0 saturated carbocycles. The molecule has 11 nitrogen and oxygen atoms in total. The van der Waals surface area contributed by atoms with Crippen molar-refractivity contribution in [1.82, 2.24) is 30.0 Å². The van der Waals surface area contributed by atoms with Crippen molar-refractivity contribution in [2.24, 2.45) is 5.73 Å². The van der Waals surface area contributed by atoms with E-state index in [0.29, 0.717) is 38.2 Å². The van der Waals surface area contributed by atoms with Crippen LogP contribution in [-0.4, -0.2) is 86.1 Å². The highest BCUT2D eigenvalue weighted by Crippen LogP contribution is 2.15. The molecule has 1 fully saturated rings. The number of nitrogens with two attached hydrogens (primary N) is 1. The zero-order valence-electron chi connectivity index (χ0n) is 17.6. The Morgan fingerprint density at radius 3 is 2.61 bits per heavy atom. The van der Waals surface area contributed by atoms with Crippen molar-refractivity contribution in [1.29, 1.82) is 0 Å². The highest BCUT2D eigenvalue weighted by molar-refractivity contribution is 6.32. The molecular formula is C19H30BN7O4. The number of piperazine rings is 1. The molecular weight excluding hydrogens is 401 g/mol. The van der Waals surface area contributed by atoms with Gasteiger partial charge in [0.1, 0.15) is 6.54 Å². The van der Waals surface area contributed by atoms with Crippen molar-refractivity contribution in [3.63, 3.8) is 0 Å². The van der Waals surface area contributed by atoms with Gasteiger partial charge in [0, 0.05) is 39.3 Å². The number of amides is 1. The largest absolute Gasteiger partial charge is 0.633 e. The average Bonchev–Trinajstić information content (AvgIpc) is 3.22. The number of hydrogen-bond acceptors (Lipinski definition) is 9. The van der Waals surface area contributed by atoms with Gasteiger partial charge in [0.15, 0.2) is 5.82 Å². The second-order valence-corrected chi connectivity index (χ2v) is 7.64. The van der Waals surface area contributed by atoms with E-state index in [9.17, 15) is 4.79 Å². The SMILES string of the molecule is NC(CCCCOB(O)O)c1nnnn1CC(=O)N1CCN(Cc2ccccc2)CC1. The van der Waals surface area contributed by atoms with Gasteiger partial charge in [0.2, 0.25) is 5.91 Å². The highest BCUT2D eigenvalue weighted by atomic mass is 16.6. The quantitative estimate of drug-likeness (QED) is 0.307. The van der Waals surface area contributed by atoms with Crippen molar-refractivity contribution in [3.05, 3.63) is 41.7 Å². The van der Waals surface area contributed by atoms with E-state index in [4.69, 9.17) is 15.8 Å². The molecule has 1 amide bonds. The van der Waals surface area contributed by atoms with Crippen LogP contribution in [0.1, 0.15) is 36.7 Å². The van der Waals surface area contributed by atoms with Crippen molar-refractivity contribution in [2.45, 2.75) is 38.4 Å². The predicted molar refractivity (Wildman–Crippen MR) is 113 cm³/mol. The topological polar surface area (TPSA) is 143 Å². The molecule has 31 heavy (non-hydrogen) atoms. The fourth-order valence-corrected chi connectivity index (χ4v) is 3.60. The Hall–Kier alpha value is -2.38. The Kier molecular flexibility index (Phi) is 8.92. The summed E-state index contributed by atoms with van der Waals surface area (Å²) in [7, 11) is -1.76. The number of unbranched alkanes of at least 4 members (excludes halogenated alkanes) is 1. The Bertz CT molecular complexity index is 800. The second kappa shape index (κ2) is 11.9. The summed E-state index contributed by atoms with van der Waals surface area (Å²) in [5, 5.41) is 28.9. The first-order chi connectivity index (χ1) is 15.0. The normalized spacial score (nSPS) is 15.8. The van der Waals surface area contributed by atoms with E-state index in [1.54, 1.807) is 0 Å². The van der Waals surface area contributed by atoms with Crippen LogP contribution in [-0.2, 0) is 22.5 Å². The molecule has 0 bridgehead atoms. The summed E-state index contributed by atoms with van der Waals surface area (Å²) < 4.78 is 6.14. The highest BCUT2D eigenvalue weighted by Gasteiger charge is 2.24. The van der Waals surface area contributed by atoms with Gasteiger partial charge in [-0.15, -0.1) is 5.10 Å². The Morgan fingerprint density at radius 1 is 1.16 bits per heavy atom. The molecule has 4 N–H and O–H groups in total. The van der Waals surface area contributed by atoms with E-state index in [1.165, 1.54) is 10.2 Å². The van der Waals surface area contributed by atoms with Crippen LogP contribution in [0.3, 0.4) is 0 Å². The summed E-state index contributed by atoms with van der Waals surface area (Å²) in [5.41, 5.74) is 7.47.